The molecule has 0 N–H and O–H groups in total. The van der Waals surface area contributed by atoms with Gasteiger partial charge in [-0.05, 0) is 49.6 Å². The number of ether oxygens (including phenoxy) is 1. The summed E-state index contributed by atoms with van der Waals surface area (Å²) in [5.74, 6) is 0.912. The van der Waals surface area contributed by atoms with E-state index in [1.807, 2.05) is 0 Å². The summed E-state index contributed by atoms with van der Waals surface area (Å²) in [6.45, 7) is 2.96. The summed E-state index contributed by atoms with van der Waals surface area (Å²) in [5.41, 5.74) is 1.32. The number of halogens is 2. The molecular weight excluding hydrogens is 408 g/mol. The number of nitrogens with zero attached hydrogens (tertiary/aromatic N) is 2. The Hall–Kier alpha value is -0.100. The Morgan fingerprint density at radius 3 is 1.82 bits per heavy atom. The van der Waals surface area contributed by atoms with E-state index in [1.54, 1.807) is 0 Å². The summed E-state index contributed by atoms with van der Waals surface area (Å²) in [5, 5.41) is 0. The van der Waals surface area contributed by atoms with Crippen LogP contribution >= 0.6 is 31.9 Å². The number of quaternary nitrogens is 2. The van der Waals surface area contributed by atoms with E-state index in [4.69, 9.17) is 4.74 Å². The summed E-state index contributed by atoms with van der Waals surface area (Å²) >= 11 is 7.29. The molecule has 0 fully saturated rings. The Morgan fingerprint density at radius 2 is 1.36 bits per heavy atom. The summed E-state index contributed by atoms with van der Waals surface area (Å²) in [6.07, 6.45) is 2.11. The summed E-state index contributed by atoms with van der Waals surface area (Å²) < 4.78 is 9.96. The number of rotatable bonds is 8. The molecule has 0 bridgehead atoms. The number of likely N-dealkylation sites (N-methyl/N-ethyl adjacent to an activating group) is 1. The zero-order valence-electron chi connectivity index (χ0n) is 14.7. The van der Waals surface area contributed by atoms with E-state index in [1.165, 1.54) is 5.56 Å². The van der Waals surface area contributed by atoms with Crippen LogP contribution in [0.4, 0.5) is 0 Å². The van der Waals surface area contributed by atoms with Crippen molar-refractivity contribution in [1.29, 1.82) is 0 Å². The van der Waals surface area contributed by atoms with E-state index in [-0.39, 0.29) is 0 Å². The van der Waals surface area contributed by atoms with Gasteiger partial charge in [0.25, 0.3) is 0 Å². The third-order valence-corrected chi connectivity index (χ3v) is 4.53. The lowest BCUT2D eigenvalue weighted by Crippen LogP contribution is -2.36. The van der Waals surface area contributed by atoms with Gasteiger partial charge in [-0.1, -0.05) is 0 Å². The molecule has 0 spiro atoms. The van der Waals surface area contributed by atoms with E-state index < -0.39 is 0 Å². The van der Waals surface area contributed by atoms with Crippen molar-refractivity contribution >= 4 is 31.9 Å². The minimum Gasteiger partial charge on any atom is -0.491 e. The van der Waals surface area contributed by atoms with E-state index in [9.17, 15) is 0 Å². The Bertz CT molecular complexity index is 467. The molecule has 0 heterocycles. The van der Waals surface area contributed by atoms with Crippen LogP contribution < -0.4 is 4.74 Å². The van der Waals surface area contributed by atoms with Crippen LogP contribution in [-0.2, 0) is 6.42 Å². The van der Waals surface area contributed by atoms with Gasteiger partial charge in [0.15, 0.2) is 0 Å². The van der Waals surface area contributed by atoms with Crippen LogP contribution in [0.3, 0.4) is 0 Å². The van der Waals surface area contributed by atoms with Gasteiger partial charge < -0.3 is 13.7 Å². The first-order chi connectivity index (χ1) is 9.98. The average molecular weight is 438 g/mol. The predicted octanol–water partition coefficient (Wildman–Crippen LogP) is 3.94. The minimum absolute atomic E-state index is 0.741. The lowest BCUT2D eigenvalue weighted by molar-refractivity contribution is -0.870. The van der Waals surface area contributed by atoms with Crippen molar-refractivity contribution in [3.8, 4) is 5.75 Å². The smallest absolute Gasteiger partial charge is 0.147 e. The van der Waals surface area contributed by atoms with Crippen LogP contribution in [0, 0.1) is 0 Å². The molecule has 0 saturated heterocycles. The molecule has 0 aliphatic rings. The van der Waals surface area contributed by atoms with Gasteiger partial charge in [0, 0.05) is 12.8 Å². The third kappa shape index (κ3) is 7.95. The van der Waals surface area contributed by atoms with Crippen LogP contribution in [0.1, 0.15) is 12.0 Å². The van der Waals surface area contributed by atoms with Gasteiger partial charge in [0.1, 0.15) is 5.75 Å². The second-order valence-corrected chi connectivity index (χ2v) is 9.58. The second kappa shape index (κ2) is 8.13. The highest BCUT2D eigenvalue weighted by molar-refractivity contribution is 9.11. The lowest BCUT2D eigenvalue weighted by atomic mass is 10.1. The molecule has 1 rings (SSSR count). The molecule has 0 aromatic heterocycles. The number of benzene rings is 1. The van der Waals surface area contributed by atoms with Gasteiger partial charge >= 0.3 is 0 Å². The molecule has 1 aromatic rings. The molecule has 3 nitrogen and oxygen atoms in total. The van der Waals surface area contributed by atoms with Crippen LogP contribution in [0.25, 0.3) is 0 Å². The largest absolute Gasteiger partial charge is 0.491 e. The Kier molecular flexibility index (Phi) is 7.37. The second-order valence-electron chi connectivity index (χ2n) is 7.87. The average Bonchev–Trinajstić information content (AvgIpc) is 2.32. The minimum atomic E-state index is 0.741. The van der Waals surface area contributed by atoms with E-state index in [0.717, 1.165) is 56.2 Å². The molecule has 126 valence electrons. The number of hydrogen-bond acceptors (Lipinski definition) is 1. The van der Waals surface area contributed by atoms with E-state index in [2.05, 4.69) is 86.3 Å². The van der Waals surface area contributed by atoms with Crippen LogP contribution in [0.15, 0.2) is 21.1 Å². The summed E-state index contributed by atoms with van der Waals surface area (Å²) in [4.78, 5) is 0. The van der Waals surface area contributed by atoms with Gasteiger partial charge in [-0.3, -0.25) is 0 Å². The molecule has 0 aliphatic carbocycles. The molecule has 0 unspecified atom stereocenters. The zero-order valence-corrected chi connectivity index (χ0v) is 17.9. The van der Waals surface area contributed by atoms with Gasteiger partial charge in [-0.25, -0.2) is 0 Å². The van der Waals surface area contributed by atoms with Crippen molar-refractivity contribution in [2.24, 2.45) is 0 Å². The van der Waals surface area contributed by atoms with Crippen LogP contribution in [-0.4, -0.2) is 70.9 Å². The lowest BCUT2D eigenvalue weighted by Gasteiger charge is -2.24. The maximum atomic E-state index is 5.96. The van der Waals surface area contributed by atoms with Gasteiger partial charge in [-0.15, -0.1) is 0 Å². The van der Waals surface area contributed by atoms with Crippen molar-refractivity contribution in [1.82, 2.24) is 0 Å². The van der Waals surface area contributed by atoms with Crippen LogP contribution in [0.2, 0.25) is 0 Å². The fraction of sp³-hybridized carbons (Fsp3) is 0.647. The molecule has 0 aliphatic heterocycles. The van der Waals surface area contributed by atoms with Crippen molar-refractivity contribution in [2.45, 2.75) is 12.8 Å². The van der Waals surface area contributed by atoms with Crippen molar-refractivity contribution in [3.63, 3.8) is 0 Å². The third-order valence-electron chi connectivity index (χ3n) is 3.35. The Balaban J connectivity index is 2.62. The maximum absolute atomic E-state index is 5.96. The molecule has 22 heavy (non-hydrogen) atoms. The first-order valence-electron chi connectivity index (χ1n) is 7.69. The standard InChI is InChI=1S/C17H30Br2N2O/c1-20(2,3)9-7-11-22-17-15(18)12-14(13-16(17)19)8-10-21(4,5)6/h12-13H,7-11H2,1-6H3/q+2. The molecule has 1 aromatic carbocycles. The number of hydrogen-bond donors (Lipinski definition) is 0. The molecular formula is C17H30Br2N2O+2. The van der Waals surface area contributed by atoms with Crippen molar-refractivity contribution in [2.75, 3.05) is 62.0 Å². The van der Waals surface area contributed by atoms with Crippen molar-refractivity contribution < 1.29 is 13.7 Å². The Morgan fingerprint density at radius 1 is 0.864 bits per heavy atom. The summed E-state index contributed by atoms with van der Waals surface area (Å²) in [6, 6.07) is 4.35. The Labute approximate surface area is 152 Å². The van der Waals surface area contributed by atoms with Crippen LogP contribution in [0.5, 0.6) is 5.75 Å². The maximum Gasteiger partial charge on any atom is 0.147 e. The predicted molar refractivity (Wildman–Crippen MR) is 101 cm³/mol. The first-order valence-corrected chi connectivity index (χ1v) is 9.28. The van der Waals surface area contributed by atoms with Gasteiger partial charge in [0.05, 0.1) is 70.9 Å². The summed E-state index contributed by atoms with van der Waals surface area (Å²) in [7, 11) is 13.3. The highest BCUT2D eigenvalue weighted by Gasteiger charge is 2.13. The first kappa shape index (κ1) is 19.9. The van der Waals surface area contributed by atoms with E-state index in [0.29, 0.717) is 0 Å². The van der Waals surface area contributed by atoms with E-state index >= 15 is 0 Å². The molecule has 5 heteroatoms. The molecule has 0 saturated carbocycles. The highest BCUT2D eigenvalue weighted by atomic mass is 79.9. The fourth-order valence-electron chi connectivity index (χ4n) is 2.07. The van der Waals surface area contributed by atoms with Crippen molar-refractivity contribution in [3.05, 3.63) is 26.6 Å². The quantitative estimate of drug-likeness (QED) is 0.442. The molecule has 0 atom stereocenters. The SMILES string of the molecule is C[N+](C)(C)CCCOc1c(Br)cc(CC[N+](C)(C)C)cc1Br. The van der Waals surface area contributed by atoms with Gasteiger partial charge in [-0.2, -0.15) is 0 Å². The fourth-order valence-corrected chi connectivity index (χ4v) is 3.58. The zero-order chi connectivity index (χ0) is 17.0. The molecule has 0 radical (unpaired) electrons. The van der Waals surface area contributed by atoms with Gasteiger partial charge in [0.2, 0.25) is 0 Å². The monoisotopic (exact) mass is 436 g/mol. The molecule has 0 amide bonds. The normalized spacial score (nSPS) is 12.5. The highest BCUT2D eigenvalue weighted by Crippen LogP contribution is 2.35. The topological polar surface area (TPSA) is 9.23 Å².